The van der Waals surface area contributed by atoms with Gasteiger partial charge in [0, 0.05) is 19.6 Å². The Morgan fingerprint density at radius 2 is 1.94 bits per heavy atom. The third-order valence-corrected chi connectivity index (χ3v) is 6.93. The maximum Gasteiger partial charge on any atom is 0.309 e. The molecule has 32 heavy (non-hydrogen) atoms. The molecule has 2 aliphatic rings. The van der Waals surface area contributed by atoms with E-state index in [1.165, 1.54) is 34.4 Å². The molecule has 1 fully saturated rings. The molecule has 0 saturated carbocycles. The lowest BCUT2D eigenvalue weighted by Gasteiger charge is -2.38. The van der Waals surface area contributed by atoms with Gasteiger partial charge < -0.3 is 9.84 Å². The fraction of sp³-hybridized carbons (Fsp3) is 0.444. The van der Waals surface area contributed by atoms with Crippen LogP contribution in [0, 0.1) is 17.7 Å². The lowest BCUT2D eigenvalue weighted by Crippen LogP contribution is -2.50. The van der Waals surface area contributed by atoms with Gasteiger partial charge in [-0.05, 0) is 85.1 Å². The van der Waals surface area contributed by atoms with Crippen LogP contribution in [0.2, 0.25) is 0 Å². The fourth-order valence-electron chi connectivity index (χ4n) is 4.71. The van der Waals surface area contributed by atoms with Crippen LogP contribution in [0.15, 0.2) is 48.0 Å². The van der Waals surface area contributed by atoms with E-state index in [4.69, 9.17) is 9.84 Å². The Hall–Kier alpha value is -2.66. The molecule has 1 heterocycles. The van der Waals surface area contributed by atoms with Crippen molar-refractivity contribution in [1.82, 2.24) is 4.90 Å². The molecule has 0 aromatic heterocycles. The van der Waals surface area contributed by atoms with Crippen LogP contribution in [-0.2, 0) is 17.6 Å². The van der Waals surface area contributed by atoms with Crippen LogP contribution in [0.4, 0.5) is 4.39 Å². The number of halogens is 1. The normalized spacial score (nSPS) is 17.6. The monoisotopic (exact) mass is 437 g/mol. The number of allylic oxidation sites excluding steroid dienone is 1. The summed E-state index contributed by atoms with van der Waals surface area (Å²) in [7, 11) is 0. The van der Waals surface area contributed by atoms with Crippen molar-refractivity contribution in [2.24, 2.45) is 11.8 Å². The third-order valence-electron chi connectivity index (χ3n) is 6.93. The van der Waals surface area contributed by atoms with E-state index in [2.05, 4.69) is 36.9 Å². The first-order valence-electron chi connectivity index (χ1n) is 11.6. The molecule has 1 atom stereocenters. The summed E-state index contributed by atoms with van der Waals surface area (Å²) in [6.07, 6.45) is 3.89. The average Bonchev–Trinajstić information content (AvgIpc) is 2.75. The Bertz CT molecular complexity index is 992. The van der Waals surface area contributed by atoms with E-state index in [1.54, 1.807) is 0 Å². The summed E-state index contributed by atoms with van der Waals surface area (Å²) >= 11 is 0. The van der Waals surface area contributed by atoms with E-state index in [-0.39, 0.29) is 11.7 Å². The van der Waals surface area contributed by atoms with Crippen LogP contribution in [-0.4, -0.2) is 42.2 Å². The topological polar surface area (TPSA) is 49.8 Å². The summed E-state index contributed by atoms with van der Waals surface area (Å²) < 4.78 is 19.3. The molecular formula is C27H32FNO3. The molecule has 0 amide bonds. The first-order chi connectivity index (χ1) is 15.4. The van der Waals surface area contributed by atoms with Gasteiger partial charge in [-0.3, -0.25) is 9.69 Å². The predicted molar refractivity (Wildman–Crippen MR) is 124 cm³/mol. The van der Waals surface area contributed by atoms with Gasteiger partial charge in [-0.15, -0.1) is 0 Å². The van der Waals surface area contributed by atoms with E-state index >= 15 is 0 Å². The summed E-state index contributed by atoms with van der Waals surface area (Å²) in [6.45, 7) is 7.17. The number of aliphatic carboxylic acids is 1. The number of hydrogen-bond donors (Lipinski definition) is 1. The molecule has 0 radical (unpaired) electrons. The molecule has 4 nitrogen and oxygen atoms in total. The molecule has 1 aliphatic carbocycles. The highest BCUT2D eigenvalue weighted by atomic mass is 19.1. The van der Waals surface area contributed by atoms with Crippen LogP contribution in [0.25, 0.3) is 5.57 Å². The Morgan fingerprint density at radius 3 is 2.62 bits per heavy atom. The maximum atomic E-state index is 13.1. The second kappa shape index (κ2) is 9.86. The van der Waals surface area contributed by atoms with Gasteiger partial charge in [-0.25, -0.2) is 4.39 Å². The Kier molecular flexibility index (Phi) is 6.95. The number of carboxylic acids is 1. The van der Waals surface area contributed by atoms with Crippen LogP contribution in [0.5, 0.6) is 5.75 Å². The van der Waals surface area contributed by atoms with Crippen LogP contribution >= 0.6 is 0 Å². The van der Waals surface area contributed by atoms with E-state index < -0.39 is 5.97 Å². The minimum atomic E-state index is -0.684. The number of likely N-dealkylation sites (tertiary alicyclic amines) is 1. The molecule has 4 rings (SSSR count). The average molecular weight is 438 g/mol. The zero-order valence-electron chi connectivity index (χ0n) is 18.9. The molecule has 1 saturated heterocycles. The van der Waals surface area contributed by atoms with Crippen LogP contribution < -0.4 is 4.74 Å². The molecule has 5 heteroatoms. The van der Waals surface area contributed by atoms with Crippen molar-refractivity contribution in [3.8, 4) is 5.75 Å². The van der Waals surface area contributed by atoms with Crippen molar-refractivity contribution in [3.05, 3.63) is 70.5 Å². The number of rotatable bonds is 9. The number of carbonyl (C=O) groups is 1. The standard InChI is InChI=1S/C27H32FNO3/c1-3-19(12-20-4-8-24(28)9-5-20)17-32-25-10-11-26-18(2)22(7-6-21(26)13-25)14-29-15-23(16-29)27(30)31/h4-5,8-11,13,19,23H,3,6-7,12,14-17H2,1-2H3,(H,30,31)/t19-/m1/s1. The van der Waals surface area contributed by atoms with E-state index in [0.717, 1.165) is 43.5 Å². The number of fused-ring (bicyclic) bond motifs is 1. The van der Waals surface area contributed by atoms with E-state index in [1.807, 2.05) is 12.1 Å². The van der Waals surface area contributed by atoms with Gasteiger partial charge in [-0.1, -0.05) is 30.7 Å². The second-order valence-electron chi connectivity index (χ2n) is 9.19. The molecule has 170 valence electrons. The fourth-order valence-corrected chi connectivity index (χ4v) is 4.71. The van der Waals surface area contributed by atoms with Crippen LogP contribution in [0.1, 0.15) is 43.4 Å². The number of hydrogen-bond acceptors (Lipinski definition) is 3. The SMILES string of the molecule is CC[C@@H](COc1ccc2c(c1)CCC(CN1CC(C(=O)O)C1)=C2C)Cc1ccc(F)cc1. The summed E-state index contributed by atoms with van der Waals surface area (Å²) in [4.78, 5) is 13.3. The van der Waals surface area contributed by atoms with Crippen molar-refractivity contribution in [3.63, 3.8) is 0 Å². The van der Waals surface area contributed by atoms with Crippen molar-refractivity contribution < 1.29 is 19.0 Å². The van der Waals surface area contributed by atoms with Gasteiger partial charge in [-0.2, -0.15) is 0 Å². The summed E-state index contributed by atoms with van der Waals surface area (Å²) in [5.41, 5.74) is 6.48. The smallest absolute Gasteiger partial charge is 0.309 e. The lowest BCUT2D eigenvalue weighted by molar-refractivity contribution is -0.147. The van der Waals surface area contributed by atoms with Crippen molar-refractivity contribution in [2.45, 2.75) is 39.5 Å². The Morgan fingerprint density at radius 1 is 1.19 bits per heavy atom. The predicted octanol–water partition coefficient (Wildman–Crippen LogP) is 5.21. The minimum absolute atomic E-state index is 0.200. The van der Waals surface area contributed by atoms with Gasteiger partial charge >= 0.3 is 5.97 Å². The largest absolute Gasteiger partial charge is 0.493 e. The molecule has 2 aromatic rings. The van der Waals surface area contributed by atoms with Crippen molar-refractivity contribution >= 4 is 11.5 Å². The van der Waals surface area contributed by atoms with Gasteiger partial charge in [0.2, 0.25) is 0 Å². The number of nitrogens with zero attached hydrogens (tertiary/aromatic N) is 1. The zero-order chi connectivity index (χ0) is 22.7. The van der Waals surface area contributed by atoms with Gasteiger partial charge in [0.1, 0.15) is 11.6 Å². The Labute approximate surface area is 189 Å². The van der Waals surface area contributed by atoms with Gasteiger partial charge in [0.15, 0.2) is 0 Å². The number of carboxylic acid groups (broad SMARTS) is 1. The highest BCUT2D eigenvalue weighted by Crippen LogP contribution is 2.34. The third kappa shape index (κ3) is 5.21. The number of aryl methyl sites for hydroxylation is 1. The number of benzene rings is 2. The van der Waals surface area contributed by atoms with Crippen molar-refractivity contribution in [2.75, 3.05) is 26.2 Å². The molecule has 0 spiro atoms. The summed E-state index contributed by atoms with van der Waals surface area (Å²) in [5.74, 6) is 0.201. The first kappa shape index (κ1) is 22.5. The molecule has 1 N–H and O–H groups in total. The first-order valence-corrected chi connectivity index (χ1v) is 11.6. The van der Waals surface area contributed by atoms with E-state index in [0.29, 0.717) is 25.6 Å². The van der Waals surface area contributed by atoms with Crippen LogP contribution in [0.3, 0.4) is 0 Å². The molecule has 2 aromatic carbocycles. The molecule has 0 bridgehead atoms. The summed E-state index contributed by atoms with van der Waals surface area (Å²) in [5, 5.41) is 9.08. The van der Waals surface area contributed by atoms with E-state index in [9.17, 15) is 9.18 Å². The number of ether oxygens (including phenoxy) is 1. The quantitative estimate of drug-likeness (QED) is 0.585. The molecule has 1 aliphatic heterocycles. The zero-order valence-corrected chi connectivity index (χ0v) is 18.9. The molecule has 0 unspecified atom stereocenters. The molecular weight excluding hydrogens is 405 g/mol. The van der Waals surface area contributed by atoms with Gasteiger partial charge in [0.25, 0.3) is 0 Å². The second-order valence-corrected chi connectivity index (χ2v) is 9.19. The van der Waals surface area contributed by atoms with Gasteiger partial charge in [0.05, 0.1) is 12.5 Å². The Balaban J connectivity index is 1.35. The lowest BCUT2D eigenvalue weighted by atomic mass is 9.85. The highest BCUT2D eigenvalue weighted by Gasteiger charge is 2.33. The maximum absolute atomic E-state index is 13.1. The highest BCUT2D eigenvalue weighted by molar-refractivity contribution is 5.73. The summed E-state index contributed by atoms with van der Waals surface area (Å²) in [6, 6.07) is 13.1. The minimum Gasteiger partial charge on any atom is -0.493 e. The van der Waals surface area contributed by atoms with Crippen molar-refractivity contribution in [1.29, 1.82) is 0 Å².